The summed E-state index contributed by atoms with van der Waals surface area (Å²) in [7, 11) is -4.42. The van der Waals surface area contributed by atoms with Crippen molar-refractivity contribution < 1.29 is 47.4 Å². The van der Waals surface area contributed by atoms with Crippen molar-refractivity contribution in [2.75, 3.05) is 27.3 Å². The number of benzene rings is 2. The minimum atomic E-state index is -4.94. The zero-order valence-corrected chi connectivity index (χ0v) is 19.6. The van der Waals surface area contributed by atoms with E-state index in [2.05, 4.69) is 6.07 Å². The molecule has 30 heavy (non-hydrogen) atoms. The summed E-state index contributed by atoms with van der Waals surface area (Å²) in [5, 5.41) is 2.80. The maximum atomic E-state index is 13.2. The number of fused-ring (bicyclic) bond motifs is 1. The summed E-state index contributed by atoms with van der Waals surface area (Å²) in [4.78, 5) is 0.934. The molecule has 1 unspecified atom stereocenters. The molecule has 0 radical (unpaired) electrons. The molecule has 0 bridgehead atoms. The van der Waals surface area contributed by atoms with Gasteiger partial charge >= 0.3 is 7.60 Å². The van der Waals surface area contributed by atoms with E-state index in [1.54, 1.807) is 6.08 Å². The fourth-order valence-corrected chi connectivity index (χ4v) is 5.12. The van der Waals surface area contributed by atoms with Crippen LogP contribution in [-0.2, 0) is 13.6 Å². The van der Waals surface area contributed by atoms with Crippen molar-refractivity contribution in [2.45, 2.75) is 19.6 Å². The van der Waals surface area contributed by atoms with Crippen LogP contribution in [0.15, 0.2) is 48.5 Å². The largest absolute Gasteiger partial charge is 0.391 e. The van der Waals surface area contributed by atoms with Gasteiger partial charge in [0.2, 0.25) is 5.78 Å². The Morgan fingerprint density at radius 1 is 1.07 bits per heavy atom. The molecule has 2 aromatic carbocycles. The highest BCUT2D eigenvalue weighted by Crippen LogP contribution is 2.51. The van der Waals surface area contributed by atoms with E-state index in [1.165, 1.54) is 0 Å². The van der Waals surface area contributed by atoms with E-state index in [1.807, 2.05) is 64.3 Å². The topological polar surface area (TPSA) is 132 Å². The van der Waals surface area contributed by atoms with E-state index < -0.39 is 23.6 Å². The number of nitrogens with one attached hydrogen (secondary N) is 1. The number of quaternary nitrogens is 1. The minimum absolute atomic E-state index is 0.322. The fraction of sp³-hybridized carbons (Fsp3) is 0.368. The maximum Gasteiger partial charge on any atom is 0.391 e. The molecule has 1 atom stereocenters. The van der Waals surface area contributed by atoms with Gasteiger partial charge in [-0.3, -0.25) is 4.57 Å². The lowest BCUT2D eigenvalue weighted by Gasteiger charge is -2.26. The summed E-state index contributed by atoms with van der Waals surface area (Å²) in [5.41, 5.74) is 0.881. The molecule has 0 spiro atoms. The molecule has 0 heterocycles. The Morgan fingerprint density at radius 2 is 1.57 bits per heavy atom. The lowest BCUT2D eigenvalue weighted by Crippen LogP contribution is -3.09. The molecular weight excluding hydrogens is 456 g/mol. The lowest BCUT2D eigenvalue weighted by atomic mass is 10.1. The molecule has 2 aromatic rings. The van der Waals surface area contributed by atoms with E-state index >= 15 is 0 Å². The Bertz CT molecular complexity index is 871. The number of hydrogen-bond acceptors (Lipinski definition) is 7. The van der Waals surface area contributed by atoms with Crippen LogP contribution in [0.1, 0.15) is 19.4 Å². The highest BCUT2D eigenvalue weighted by atomic mass is 35.7. The molecule has 0 saturated carbocycles. The number of likely N-dealkylation sites (N-methyl/N-ethyl adjacent to an activating group) is 1. The van der Waals surface area contributed by atoms with Crippen LogP contribution in [-0.4, -0.2) is 33.1 Å². The molecule has 8 nitrogen and oxygen atoms in total. The summed E-state index contributed by atoms with van der Waals surface area (Å²) in [5.74, 6) is -0.480. The van der Waals surface area contributed by atoms with E-state index in [0.29, 0.717) is 18.2 Å². The summed E-state index contributed by atoms with van der Waals surface area (Å²) < 4.78 is 58.2. The first kappa shape index (κ1) is 27.0. The number of rotatable bonds is 8. The van der Waals surface area contributed by atoms with E-state index in [0.717, 1.165) is 21.2 Å². The zero-order chi connectivity index (χ0) is 22.9. The number of hydrogen-bond donors (Lipinski definition) is 1. The Balaban J connectivity index is 0.000000804. The monoisotopic (exact) mass is 481 g/mol. The quantitative estimate of drug-likeness (QED) is 0.497. The first-order chi connectivity index (χ1) is 13.9. The van der Waals surface area contributed by atoms with E-state index in [4.69, 9.17) is 39.3 Å². The van der Waals surface area contributed by atoms with Gasteiger partial charge in [0.1, 0.15) is 0 Å². The van der Waals surface area contributed by atoms with Gasteiger partial charge in [0.05, 0.1) is 32.3 Å². The average Bonchev–Trinajstić information content (AvgIpc) is 2.64. The summed E-state index contributed by atoms with van der Waals surface area (Å²) in [6.45, 7) is 4.26. The lowest BCUT2D eigenvalue weighted by molar-refractivity contribution is -2.00. The van der Waals surface area contributed by atoms with Crippen LogP contribution in [0, 0.1) is 10.2 Å². The second-order valence-electron chi connectivity index (χ2n) is 6.35. The van der Waals surface area contributed by atoms with Crippen LogP contribution < -0.4 is 23.5 Å². The predicted molar refractivity (Wildman–Crippen MR) is 105 cm³/mol. The molecule has 0 aliphatic carbocycles. The van der Waals surface area contributed by atoms with E-state index in [-0.39, 0.29) is 0 Å². The highest BCUT2D eigenvalue weighted by Gasteiger charge is 2.39. The van der Waals surface area contributed by atoms with E-state index in [9.17, 15) is 4.57 Å². The normalized spacial score (nSPS) is 13.9. The van der Waals surface area contributed by atoms with Crippen LogP contribution in [0.5, 0.6) is 0 Å². The minimum Gasteiger partial charge on any atom is -0.324 e. The van der Waals surface area contributed by atoms with Gasteiger partial charge in [-0.2, -0.15) is 0 Å². The second kappa shape index (κ2) is 12.1. The molecule has 0 saturated heterocycles. The Morgan fingerprint density at radius 3 is 2.03 bits per heavy atom. The molecule has 11 heteroatoms. The molecule has 2 rings (SSSR count). The van der Waals surface area contributed by atoms with Gasteiger partial charge in [0, 0.05) is 6.08 Å². The van der Waals surface area contributed by atoms with Crippen molar-refractivity contribution in [1.29, 1.82) is 0 Å². The van der Waals surface area contributed by atoms with Gasteiger partial charge in [-0.1, -0.05) is 48.0 Å². The Hall–Kier alpha value is -1.03. The van der Waals surface area contributed by atoms with Gasteiger partial charge in [-0.15, -0.1) is 10.2 Å². The highest BCUT2D eigenvalue weighted by molar-refractivity contribution is 7.54. The van der Waals surface area contributed by atoms with Crippen LogP contribution in [0.3, 0.4) is 0 Å². The summed E-state index contributed by atoms with van der Waals surface area (Å²) in [6.07, 6.45) is 1.78. The van der Waals surface area contributed by atoms with Crippen LogP contribution in [0.2, 0.25) is 0 Å². The van der Waals surface area contributed by atoms with Crippen molar-refractivity contribution in [2.24, 2.45) is 0 Å². The molecule has 168 valence electrons. The van der Waals surface area contributed by atoms with Gasteiger partial charge in [-0.05, 0) is 36.2 Å². The van der Waals surface area contributed by atoms with Gasteiger partial charge in [0.25, 0.3) is 0 Å². The zero-order valence-electron chi connectivity index (χ0n) is 17.2. The molecule has 0 aromatic heterocycles. The van der Waals surface area contributed by atoms with Gasteiger partial charge in [-0.25, -0.2) is 18.6 Å². The van der Waals surface area contributed by atoms with Crippen molar-refractivity contribution in [3.05, 3.63) is 54.1 Å². The molecule has 0 aliphatic rings. The molecular formula is C19H26Cl2NO7P. The smallest absolute Gasteiger partial charge is 0.324 e. The Kier molecular flexibility index (Phi) is 10.9. The van der Waals surface area contributed by atoms with Crippen molar-refractivity contribution in [3.8, 4) is 0 Å². The summed E-state index contributed by atoms with van der Waals surface area (Å²) in [6, 6.07) is 14.1. The third kappa shape index (κ3) is 8.99. The van der Waals surface area contributed by atoms with Crippen molar-refractivity contribution in [3.63, 3.8) is 0 Å². The first-order valence-corrected chi connectivity index (χ1v) is 12.3. The van der Waals surface area contributed by atoms with Gasteiger partial charge in [0.15, 0.2) is 0 Å². The second-order valence-corrected chi connectivity index (χ2v) is 9.67. The standard InChI is InChI=1S/C19H25ClNO3P.ClHO4/c1-5-23-25(22,24-6-2)19(21(3)4)14-18(20)17-12-11-15-9-7-8-10-16(15)13-17;2-1(3,4)5/h7-14,19H,5-6H2,1-4H3;(H,2,3,4,5). The van der Waals surface area contributed by atoms with Crippen molar-refractivity contribution >= 4 is 35.0 Å². The molecule has 0 aliphatic heterocycles. The van der Waals surface area contributed by atoms with Crippen molar-refractivity contribution in [1.82, 2.24) is 0 Å². The molecule has 0 amide bonds. The summed E-state index contributed by atoms with van der Waals surface area (Å²) >= 11 is 6.57. The maximum absolute atomic E-state index is 13.2. The van der Waals surface area contributed by atoms with Crippen LogP contribution >= 0.6 is 19.2 Å². The van der Waals surface area contributed by atoms with Gasteiger partial charge < -0.3 is 13.9 Å². The third-order valence-corrected chi connectivity index (χ3v) is 6.81. The van der Waals surface area contributed by atoms with Crippen LogP contribution in [0.4, 0.5) is 0 Å². The SMILES string of the molecule is CCOP(=O)(OCC)C(C=C(Cl)c1ccc2ccccc2c1)[NH+](C)C.[O-][Cl+3]([O-])([O-])[O-]. The first-order valence-electron chi connectivity index (χ1n) is 9.08. The molecule has 1 N–H and O–H groups in total. The molecule has 0 fully saturated rings. The van der Waals surface area contributed by atoms with Crippen LogP contribution in [0.25, 0.3) is 15.8 Å². The Labute approximate surface area is 183 Å². The average molecular weight is 482 g/mol. The third-order valence-electron chi connectivity index (χ3n) is 3.88. The predicted octanol–water partition coefficient (Wildman–Crippen LogP) is -0.600. The number of halogens is 2. The fourth-order valence-electron chi connectivity index (χ4n) is 2.70.